The van der Waals surface area contributed by atoms with E-state index in [4.69, 9.17) is 0 Å². The number of rotatable bonds is 11. The quantitative estimate of drug-likeness (QED) is 0.326. The third-order valence-electron chi connectivity index (χ3n) is 3.30. The average molecular weight is 302 g/mol. The molecule has 0 aromatic rings. The average Bonchev–Trinajstić information content (AvgIpc) is 2.26. The van der Waals surface area contributed by atoms with Gasteiger partial charge in [0, 0.05) is 5.25 Å². The normalized spacial score (nSPS) is 14.7. The summed E-state index contributed by atoms with van der Waals surface area (Å²) < 4.78 is 32.6. The Morgan fingerprint density at radius 3 is 1.95 bits per heavy atom. The van der Waals surface area contributed by atoms with Crippen molar-refractivity contribution < 1.29 is 47.6 Å². The molecule has 4 nitrogen and oxygen atoms in total. The zero-order valence-electron chi connectivity index (χ0n) is 12.6. The summed E-state index contributed by atoms with van der Waals surface area (Å²) >= 11 is 0. The van der Waals surface area contributed by atoms with E-state index in [-0.39, 0.29) is 35.7 Å². The van der Waals surface area contributed by atoms with Crippen LogP contribution in [0, 0.1) is 0 Å². The smallest absolute Gasteiger partial charge is 0.748 e. The molecule has 0 heterocycles. The van der Waals surface area contributed by atoms with E-state index in [1.807, 2.05) is 0 Å². The Balaban J connectivity index is 0. The van der Waals surface area contributed by atoms with Crippen LogP contribution in [0.3, 0.4) is 0 Å². The second-order valence-corrected chi connectivity index (χ2v) is 6.61. The van der Waals surface area contributed by atoms with E-state index in [2.05, 4.69) is 6.92 Å². The van der Waals surface area contributed by atoms with Crippen LogP contribution < -0.4 is 29.6 Å². The Morgan fingerprint density at radius 1 is 1.00 bits per heavy atom. The molecule has 0 spiro atoms. The molecule has 6 heteroatoms. The molecule has 0 saturated carbocycles. The molecule has 0 aromatic carbocycles. The molecule has 0 radical (unpaired) electrons. The molecule has 0 aromatic heterocycles. The van der Waals surface area contributed by atoms with Crippen LogP contribution in [-0.4, -0.2) is 29.4 Å². The minimum absolute atomic E-state index is 0. The summed E-state index contributed by atoms with van der Waals surface area (Å²) in [6, 6.07) is 0. The molecule has 110 valence electrons. The van der Waals surface area contributed by atoms with Crippen molar-refractivity contribution in [2.45, 2.75) is 83.0 Å². The summed E-state index contributed by atoms with van der Waals surface area (Å²) in [6.07, 6.45) is 7.05. The largest absolute Gasteiger partial charge is 1.00 e. The van der Waals surface area contributed by atoms with Gasteiger partial charge < -0.3 is 9.66 Å². The Labute approximate surface area is 140 Å². The van der Waals surface area contributed by atoms with Crippen LogP contribution in [-0.2, 0) is 10.1 Å². The van der Waals surface area contributed by atoms with E-state index >= 15 is 0 Å². The predicted octanol–water partition coefficient (Wildman–Crippen LogP) is -0.184. The van der Waals surface area contributed by atoms with E-state index in [9.17, 15) is 18.1 Å². The van der Waals surface area contributed by atoms with Gasteiger partial charge in [0.15, 0.2) is 0 Å². The fourth-order valence-electron chi connectivity index (χ4n) is 2.14. The van der Waals surface area contributed by atoms with Crippen LogP contribution in [0.5, 0.6) is 0 Å². The summed E-state index contributed by atoms with van der Waals surface area (Å²) in [5.74, 6) is 0. The maximum atomic E-state index is 10.9. The van der Waals surface area contributed by atoms with Gasteiger partial charge in [0.05, 0.1) is 16.2 Å². The van der Waals surface area contributed by atoms with E-state index < -0.39 is 15.4 Å². The fourth-order valence-corrected chi connectivity index (χ4v) is 3.00. The zero-order valence-corrected chi connectivity index (χ0v) is 15.4. The fraction of sp³-hybridized carbons (Fsp3) is 1.00. The first-order valence-corrected chi connectivity index (χ1v) is 8.51. The van der Waals surface area contributed by atoms with Crippen molar-refractivity contribution >= 4 is 10.1 Å². The minimum Gasteiger partial charge on any atom is -0.748 e. The molecular weight excluding hydrogens is 275 g/mol. The van der Waals surface area contributed by atoms with Gasteiger partial charge >= 0.3 is 29.6 Å². The Bertz CT molecular complexity index is 293. The molecule has 2 atom stereocenters. The van der Waals surface area contributed by atoms with E-state index in [1.54, 1.807) is 6.92 Å². The third-order valence-corrected chi connectivity index (χ3v) is 4.68. The number of unbranched alkanes of at least 4 members (excludes halogenated alkanes) is 3. The van der Waals surface area contributed by atoms with E-state index in [0.29, 0.717) is 12.8 Å². The van der Waals surface area contributed by atoms with Gasteiger partial charge in [0.2, 0.25) is 0 Å². The van der Waals surface area contributed by atoms with Gasteiger partial charge in [-0.3, -0.25) is 0 Å². The SMILES string of the molecule is CCCC(O)CCCCCCC(CC)S(=O)(=O)[O-].[Na+]. The molecule has 0 aliphatic heterocycles. The maximum absolute atomic E-state index is 10.9. The molecule has 1 N–H and O–H groups in total. The Kier molecular flexibility index (Phi) is 14.7. The van der Waals surface area contributed by atoms with Crippen LogP contribution in [0.1, 0.15) is 71.6 Å². The first kappa shape index (κ1) is 22.2. The van der Waals surface area contributed by atoms with Crippen LogP contribution in [0.2, 0.25) is 0 Å². The standard InChI is InChI=1S/C13H28O4S.Na/c1-3-9-12(14)10-7-5-6-8-11-13(4-2)18(15,16)17;/h12-14H,3-11H2,1-2H3,(H,15,16,17);/q;+1/p-1. The molecule has 0 rings (SSSR count). The molecular formula is C13H27NaO4S. The monoisotopic (exact) mass is 302 g/mol. The molecule has 2 unspecified atom stereocenters. The van der Waals surface area contributed by atoms with Crippen molar-refractivity contribution in [3.8, 4) is 0 Å². The van der Waals surface area contributed by atoms with Crippen molar-refractivity contribution in [1.29, 1.82) is 0 Å². The van der Waals surface area contributed by atoms with Crippen LogP contribution >= 0.6 is 0 Å². The van der Waals surface area contributed by atoms with E-state index in [0.717, 1.165) is 44.9 Å². The summed E-state index contributed by atoms with van der Waals surface area (Å²) in [4.78, 5) is 0. The molecule has 0 fully saturated rings. The second-order valence-electron chi connectivity index (χ2n) is 4.96. The van der Waals surface area contributed by atoms with Crippen molar-refractivity contribution in [2.75, 3.05) is 0 Å². The Morgan fingerprint density at radius 2 is 1.53 bits per heavy atom. The summed E-state index contributed by atoms with van der Waals surface area (Å²) in [6.45, 7) is 3.79. The summed E-state index contributed by atoms with van der Waals surface area (Å²) in [5.41, 5.74) is 0. The molecule has 0 bridgehead atoms. The molecule has 0 aliphatic carbocycles. The molecule has 0 aliphatic rings. The molecule has 0 saturated heterocycles. The predicted molar refractivity (Wildman–Crippen MR) is 72.4 cm³/mol. The number of aliphatic hydroxyl groups excluding tert-OH is 1. The topological polar surface area (TPSA) is 77.4 Å². The van der Waals surface area contributed by atoms with Crippen LogP contribution in [0.4, 0.5) is 0 Å². The third kappa shape index (κ3) is 12.3. The van der Waals surface area contributed by atoms with Gasteiger partial charge in [-0.25, -0.2) is 8.42 Å². The summed E-state index contributed by atoms with van der Waals surface area (Å²) in [7, 11) is -4.12. The minimum atomic E-state index is -4.12. The summed E-state index contributed by atoms with van der Waals surface area (Å²) in [5, 5.41) is 8.80. The van der Waals surface area contributed by atoms with Gasteiger partial charge in [-0.1, -0.05) is 46.0 Å². The maximum Gasteiger partial charge on any atom is 1.00 e. The first-order chi connectivity index (χ1) is 8.41. The Hall–Kier alpha value is 0.870. The number of hydrogen-bond donors (Lipinski definition) is 1. The van der Waals surface area contributed by atoms with Gasteiger partial charge in [0.25, 0.3) is 0 Å². The number of hydrogen-bond acceptors (Lipinski definition) is 4. The number of aliphatic hydroxyl groups is 1. The van der Waals surface area contributed by atoms with Crippen molar-refractivity contribution in [2.24, 2.45) is 0 Å². The van der Waals surface area contributed by atoms with Gasteiger partial charge in [-0.05, 0) is 25.7 Å². The zero-order chi connectivity index (χ0) is 14.0. The van der Waals surface area contributed by atoms with E-state index in [1.165, 1.54) is 0 Å². The first-order valence-electron chi connectivity index (χ1n) is 7.04. The second kappa shape index (κ2) is 12.6. The van der Waals surface area contributed by atoms with Gasteiger partial charge in [-0.15, -0.1) is 0 Å². The van der Waals surface area contributed by atoms with Crippen molar-refractivity contribution in [3.63, 3.8) is 0 Å². The van der Waals surface area contributed by atoms with Crippen molar-refractivity contribution in [3.05, 3.63) is 0 Å². The van der Waals surface area contributed by atoms with Crippen molar-refractivity contribution in [1.82, 2.24) is 0 Å². The molecule has 0 amide bonds. The van der Waals surface area contributed by atoms with Gasteiger partial charge in [-0.2, -0.15) is 0 Å². The van der Waals surface area contributed by atoms with Crippen LogP contribution in [0.25, 0.3) is 0 Å². The molecule has 19 heavy (non-hydrogen) atoms. The van der Waals surface area contributed by atoms with Crippen LogP contribution in [0.15, 0.2) is 0 Å². The van der Waals surface area contributed by atoms with Gasteiger partial charge in [0.1, 0.15) is 0 Å².